The molecule has 4 heteroatoms. The van der Waals surface area contributed by atoms with Crippen LogP contribution in [-0.4, -0.2) is 16.3 Å². The van der Waals surface area contributed by atoms with Gasteiger partial charge in [-0.3, -0.25) is 4.79 Å². The molecule has 0 unspecified atom stereocenters. The van der Waals surface area contributed by atoms with Crippen molar-refractivity contribution in [1.29, 1.82) is 0 Å². The summed E-state index contributed by atoms with van der Waals surface area (Å²) in [7, 11) is 0. The second kappa shape index (κ2) is 1.65. The molecule has 0 spiro atoms. The summed E-state index contributed by atoms with van der Waals surface area (Å²) >= 11 is 0. The summed E-state index contributed by atoms with van der Waals surface area (Å²) in [5.74, 6) is 0.239. The van der Waals surface area contributed by atoms with Crippen molar-refractivity contribution in [3.8, 4) is 0 Å². The Kier molecular flexibility index (Phi) is 0.997. The predicted octanol–water partition coefficient (Wildman–Crippen LogP) is -0.550. The second-order valence-electron chi connectivity index (χ2n) is 1.27. The van der Waals surface area contributed by atoms with Gasteiger partial charge in [0, 0.05) is 6.20 Å². The summed E-state index contributed by atoms with van der Waals surface area (Å²) in [4.78, 5) is 15.8. The monoisotopic (exact) mass is 110 g/mol. The normalized spacial score (nSPS) is 9.00. The lowest BCUT2D eigenvalue weighted by Gasteiger charge is -1.72. The van der Waals surface area contributed by atoms with E-state index < -0.39 is 0 Å². The largest absolute Gasteiger partial charge is 0.369 e. The van der Waals surface area contributed by atoms with E-state index in [1.807, 2.05) is 0 Å². The molecule has 0 saturated heterocycles. The van der Waals surface area contributed by atoms with E-state index in [4.69, 9.17) is 5.73 Å². The van der Waals surface area contributed by atoms with Crippen LogP contribution in [0.25, 0.3) is 0 Å². The zero-order valence-corrected chi connectivity index (χ0v) is 4.01. The molecule has 0 aliphatic rings. The van der Waals surface area contributed by atoms with E-state index >= 15 is 0 Å². The minimum absolute atomic E-state index is 0.211. The van der Waals surface area contributed by atoms with E-state index in [1.54, 1.807) is 6.29 Å². The molecule has 0 bridgehead atoms. The fourth-order valence-electron chi connectivity index (χ4n) is 0.389. The number of hydrogen-bond acceptors (Lipinski definition) is 3. The van der Waals surface area contributed by atoms with Crippen LogP contribution in [0.2, 0.25) is 0 Å². The molecular formula is C4H4N3O. The van der Waals surface area contributed by atoms with Crippen molar-refractivity contribution in [2.75, 3.05) is 5.73 Å². The Morgan fingerprint density at radius 3 is 2.88 bits per heavy atom. The number of carbonyl (C=O) groups excluding carboxylic acids is 1. The lowest BCUT2D eigenvalue weighted by atomic mass is 10.6. The number of aromatic nitrogens is 2. The third kappa shape index (κ3) is 0.676. The summed E-state index contributed by atoms with van der Waals surface area (Å²) in [6, 6.07) is 0. The zero-order valence-electron chi connectivity index (χ0n) is 4.01. The van der Waals surface area contributed by atoms with Gasteiger partial charge in [0.25, 0.3) is 6.29 Å². The molecule has 1 heterocycles. The van der Waals surface area contributed by atoms with Gasteiger partial charge in [-0.1, -0.05) is 0 Å². The van der Waals surface area contributed by atoms with Gasteiger partial charge in [-0.15, -0.1) is 0 Å². The Labute approximate surface area is 45.7 Å². The van der Waals surface area contributed by atoms with E-state index in [0.29, 0.717) is 0 Å². The maximum atomic E-state index is 9.76. The Morgan fingerprint density at radius 1 is 1.88 bits per heavy atom. The molecule has 1 rings (SSSR count). The predicted molar refractivity (Wildman–Crippen MR) is 27.8 cm³/mol. The van der Waals surface area contributed by atoms with Crippen LogP contribution in [-0.2, 0) is 4.79 Å². The minimum Gasteiger partial charge on any atom is -0.369 e. The number of anilines is 1. The van der Waals surface area contributed by atoms with E-state index in [1.165, 1.54) is 6.20 Å². The van der Waals surface area contributed by atoms with Gasteiger partial charge in [0.05, 0.1) is 0 Å². The summed E-state index contributed by atoms with van der Waals surface area (Å²) < 4.78 is 0. The van der Waals surface area contributed by atoms with E-state index in [0.717, 1.165) is 0 Å². The van der Waals surface area contributed by atoms with Crippen LogP contribution in [0.1, 0.15) is 5.69 Å². The summed E-state index contributed by atoms with van der Waals surface area (Å²) in [5.41, 5.74) is 5.32. The summed E-state index contributed by atoms with van der Waals surface area (Å²) in [5, 5.41) is 0. The molecule has 0 saturated carbocycles. The zero-order chi connectivity index (χ0) is 5.98. The first-order chi connectivity index (χ1) is 3.83. The second-order valence-corrected chi connectivity index (χ2v) is 1.27. The van der Waals surface area contributed by atoms with Gasteiger partial charge < -0.3 is 10.7 Å². The van der Waals surface area contributed by atoms with Crippen LogP contribution < -0.4 is 5.73 Å². The quantitative estimate of drug-likeness (QED) is 0.509. The van der Waals surface area contributed by atoms with Gasteiger partial charge in [-0.05, 0) is 0 Å². The number of nitrogens with zero attached hydrogens (tertiary/aromatic N) is 1. The molecule has 0 atom stereocenters. The number of aromatic amines is 1. The van der Waals surface area contributed by atoms with Crippen molar-refractivity contribution in [3.05, 3.63) is 11.9 Å². The highest BCUT2D eigenvalue weighted by Crippen LogP contribution is 1.91. The van der Waals surface area contributed by atoms with Crippen LogP contribution in [0.15, 0.2) is 6.20 Å². The molecule has 0 aliphatic carbocycles. The number of nitrogens with one attached hydrogen (secondary N) is 1. The maximum absolute atomic E-state index is 9.76. The van der Waals surface area contributed by atoms with Crippen LogP contribution in [0.5, 0.6) is 0 Å². The molecule has 0 aliphatic heterocycles. The van der Waals surface area contributed by atoms with Crippen molar-refractivity contribution in [1.82, 2.24) is 9.97 Å². The number of imidazole rings is 1. The Bertz CT molecular complexity index is 193. The van der Waals surface area contributed by atoms with Crippen molar-refractivity contribution in [3.63, 3.8) is 0 Å². The average molecular weight is 110 g/mol. The Hall–Kier alpha value is -1.32. The SMILES string of the molecule is Nc1nc([C]=O)c[nH]1. The first-order valence-electron chi connectivity index (χ1n) is 2.02. The standard InChI is InChI=1S/C4H4N3O/c5-4-6-1-3(2-8)7-4/h1H,(H3,5,6,7). The Morgan fingerprint density at radius 2 is 2.62 bits per heavy atom. The summed E-state index contributed by atoms with van der Waals surface area (Å²) in [6.45, 7) is 0. The van der Waals surface area contributed by atoms with Crippen LogP contribution in [0.3, 0.4) is 0 Å². The topological polar surface area (TPSA) is 71.8 Å². The number of nitrogen functional groups attached to an aromatic ring is 1. The summed E-state index contributed by atoms with van der Waals surface area (Å²) in [6.07, 6.45) is 2.97. The van der Waals surface area contributed by atoms with Crippen LogP contribution in [0.4, 0.5) is 5.95 Å². The van der Waals surface area contributed by atoms with Gasteiger partial charge in [-0.25, -0.2) is 4.98 Å². The number of rotatable bonds is 1. The van der Waals surface area contributed by atoms with Gasteiger partial charge in [-0.2, -0.15) is 0 Å². The molecule has 8 heavy (non-hydrogen) atoms. The maximum Gasteiger partial charge on any atom is 0.255 e. The molecule has 0 aromatic carbocycles. The third-order valence-corrected chi connectivity index (χ3v) is 0.702. The van der Waals surface area contributed by atoms with E-state index in [9.17, 15) is 4.79 Å². The van der Waals surface area contributed by atoms with E-state index in [2.05, 4.69) is 9.97 Å². The van der Waals surface area contributed by atoms with Crippen molar-refractivity contribution < 1.29 is 4.79 Å². The third-order valence-electron chi connectivity index (χ3n) is 0.702. The Balaban J connectivity index is 3.00. The lowest BCUT2D eigenvalue weighted by Crippen LogP contribution is -1.86. The highest BCUT2D eigenvalue weighted by molar-refractivity contribution is 5.72. The average Bonchev–Trinajstić information content (AvgIpc) is 2.14. The highest BCUT2D eigenvalue weighted by Gasteiger charge is 1.92. The molecule has 0 amide bonds. The number of H-pyrrole nitrogens is 1. The molecule has 0 fully saturated rings. The van der Waals surface area contributed by atoms with E-state index in [-0.39, 0.29) is 11.6 Å². The first kappa shape index (κ1) is 4.83. The van der Waals surface area contributed by atoms with Crippen LogP contribution in [0, 0.1) is 0 Å². The molecule has 3 N–H and O–H groups in total. The fraction of sp³-hybridized carbons (Fsp3) is 0. The van der Waals surface area contributed by atoms with Crippen LogP contribution >= 0.6 is 0 Å². The molecule has 41 valence electrons. The molecular weight excluding hydrogens is 106 g/mol. The highest BCUT2D eigenvalue weighted by atomic mass is 16.1. The van der Waals surface area contributed by atoms with Gasteiger partial charge in [0.15, 0.2) is 5.95 Å². The van der Waals surface area contributed by atoms with Gasteiger partial charge >= 0.3 is 0 Å². The number of nitrogens with two attached hydrogens (primary N) is 1. The fourth-order valence-corrected chi connectivity index (χ4v) is 0.389. The molecule has 1 radical (unpaired) electrons. The van der Waals surface area contributed by atoms with Crippen molar-refractivity contribution in [2.45, 2.75) is 0 Å². The lowest BCUT2D eigenvalue weighted by molar-refractivity contribution is 0.561. The first-order valence-corrected chi connectivity index (χ1v) is 2.02. The van der Waals surface area contributed by atoms with Gasteiger partial charge in [0.1, 0.15) is 5.69 Å². The van der Waals surface area contributed by atoms with Gasteiger partial charge in [0.2, 0.25) is 0 Å². The minimum atomic E-state index is 0.211. The van der Waals surface area contributed by atoms with Crippen molar-refractivity contribution >= 4 is 12.2 Å². The molecule has 1 aromatic rings. The van der Waals surface area contributed by atoms with Crippen molar-refractivity contribution in [2.24, 2.45) is 0 Å². The molecule has 4 nitrogen and oxygen atoms in total. The molecule has 1 aromatic heterocycles. The smallest absolute Gasteiger partial charge is 0.255 e. The number of hydrogen-bond donors (Lipinski definition) is 2.